The highest BCUT2D eigenvalue weighted by atomic mass is 16.5. The minimum absolute atomic E-state index is 0.339. The Labute approximate surface area is 164 Å². The molecule has 0 radical (unpaired) electrons. The summed E-state index contributed by atoms with van der Waals surface area (Å²) in [7, 11) is 1.90. The van der Waals surface area contributed by atoms with E-state index in [0.29, 0.717) is 11.5 Å². The summed E-state index contributed by atoms with van der Waals surface area (Å²) in [6, 6.07) is 11.3. The number of phenols is 1. The monoisotopic (exact) mass is 379 g/mol. The Bertz CT molecular complexity index is 933. The summed E-state index contributed by atoms with van der Waals surface area (Å²) in [5.74, 6) is 1.80. The van der Waals surface area contributed by atoms with Crippen molar-refractivity contribution in [3.8, 4) is 17.4 Å². The summed E-state index contributed by atoms with van der Waals surface area (Å²) in [5, 5.41) is 14.6. The van der Waals surface area contributed by atoms with Crippen molar-refractivity contribution < 1.29 is 9.84 Å². The SMILES string of the molecule is Cc1nn(C)c(Oc2cccnc2)c1CN1CCN(c2ccccc2O)CC1. The van der Waals surface area contributed by atoms with Gasteiger partial charge >= 0.3 is 0 Å². The fourth-order valence-corrected chi connectivity index (χ4v) is 3.61. The van der Waals surface area contributed by atoms with E-state index in [4.69, 9.17) is 4.74 Å². The first-order valence-corrected chi connectivity index (χ1v) is 9.47. The summed E-state index contributed by atoms with van der Waals surface area (Å²) in [4.78, 5) is 8.75. The molecule has 1 aliphatic heterocycles. The number of aromatic nitrogens is 3. The number of benzene rings is 1. The predicted octanol–water partition coefficient (Wildman–Crippen LogP) is 2.94. The standard InChI is InChI=1S/C21H25N5O2/c1-16-18(21(24(2)23-16)28-17-6-5-9-22-14-17)15-25-10-12-26(13-11-25)19-7-3-4-8-20(19)27/h3-9,14,27H,10-13,15H2,1-2H3. The minimum atomic E-state index is 0.339. The molecule has 1 N–H and O–H groups in total. The van der Waals surface area contributed by atoms with Crippen LogP contribution in [-0.2, 0) is 13.6 Å². The molecule has 1 saturated heterocycles. The molecule has 0 atom stereocenters. The first kappa shape index (κ1) is 18.3. The van der Waals surface area contributed by atoms with Crippen LogP contribution in [-0.4, -0.2) is 50.9 Å². The molecule has 28 heavy (non-hydrogen) atoms. The lowest BCUT2D eigenvalue weighted by molar-refractivity contribution is 0.245. The second-order valence-corrected chi connectivity index (χ2v) is 7.04. The van der Waals surface area contributed by atoms with Crippen LogP contribution >= 0.6 is 0 Å². The van der Waals surface area contributed by atoms with Crippen LogP contribution in [0.5, 0.6) is 17.4 Å². The average molecular weight is 379 g/mol. The Balaban J connectivity index is 1.45. The second-order valence-electron chi connectivity index (χ2n) is 7.04. The van der Waals surface area contributed by atoms with Crippen LogP contribution in [0.1, 0.15) is 11.3 Å². The van der Waals surface area contributed by atoms with Gasteiger partial charge in [0.2, 0.25) is 5.88 Å². The zero-order chi connectivity index (χ0) is 19.5. The van der Waals surface area contributed by atoms with Crippen molar-refractivity contribution >= 4 is 5.69 Å². The molecular weight excluding hydrogens is 354 g/mol. The van der Waals surface area contributed by atoms with Crippen molar-refractivity contribution in [3.63, 3.8) is 0 Å². The molecule has 0 amide bonds. The molecule has 146 valence electrons. The summed E-state index contributed by atoms with van der Waals surface area (Å²) >= 11 is 0. The van der Waals surface area contributed by atoms with Gasteiger partial charge in [0, 0.05) is 46.0 Å². The summed E-state index contributed by atoms with van der Waals surface area (Å²) in [6.07, 6.45) is 3.43. The lowest BCUT2D eigenvalue weighted by Gasteiger charge is -2.36. The number of piperazine rings is 1. The number of para-hydroxylation sites is 2. The van der Waals surface area contributed by atoms with E-state index in [1.807, 2.05) is 44.3 Å². The normalized spacial score (nSPS) is 15.0. The van der Waals surface area contributed by atoms with Crippen molar-refractivity contribution in [1.29, 1.82) is 0 Å². The quantitative estimate of drug-likeness (QED) is 0.735. The Morgan fingerprint density at radius 3 is 2.57 bits per heavy atom. The topological polar surface area (TPSA) is 66.7 Å². The van der Waals surface area contributed by atoms with E-state index in [9.17, 15) is 5.11 Å². The first-order chi connectivity index (χ1) is 13.6. The highest BCUT2D eigenvalue weighted by molar-refractivity contribution is 5.57. The number of nitrogens with zero attached hydrogens (tertiary/aromatic N) is 5. The van der Waals surface area contributed by atoms with Crippen molar-refractivity contribution in [2.24, 2.45) is 7.05 Å². The van der Waals surface area contributed by atoms with Gasteiger partial charge in [0.15, 0.2) is 0 Å². The van der Waals surface area contributed by atoms with Gasteiger partial charge in [-0.15, -0.1) is 0 Å². The maximum absolute atomic E-state index is 10.1. The van der Waals surface area contributed by atoms with E-state index in [-0.39, 0.29) is 0 Å². The minimum Gasteiger partial charge on any atom is -0.506 e. The summed E-state index contributed by atoms with van der Waals surface area (Å²) < 4.78 is 7.86. The smallest absolute Gasteiger partial charge is 0.222 e. The highest BCUT2D eigenvalue weighted by Gasteiger charge is 2.23. The Hall–Kier alpha value is -3.06. The maximum atomic E-state index is 10.1. The van der Waals surface area contributed by atoms with Gasteiger partial charge < -0.3 is 14.7 Å². The zero-order valence-electron chi connectivity index (χ0n) is 16.2. The molecule has 0 spiro atoms. The molecule has 7 heteroatoms. The van der Waals surface area contributed by atoms with Crippen LogP contribution in [0.15, 0.2) is 48.8 Å². The van der Waals surface area contributed by atoms with Gasteiger partial charge in [-0.25, -0.2) is 4.68 Å². The van der Waals surface area contributed by atoms with Crippen molar-refractivity contribution in [2.45, 2.75) is 13.5 Å². The van der Waals surface area contributed by atoms with Gasteiger partial charge in [0.05, 0.1) is 23.1 Å². The molecule has 4 rings (SSSR count). The lowest BCUT2D eigenvalue weighted by atomic mass is 10.2. The molecule has 3 heterocycles. The Morgan fingerprint density at radius 1 is 1.07 bits per heavy atom. The fraction of sp³-hybridized carbons (Fsp3) is 0.333. The van der Waals surface area contributed by atoms with Crippen LogP contribution in [0.3, 0.4) is 0 Å². The van der Waals surface area contributed by atoms with E-state index < -0.39 is 0 Å². The number of ether oxygens (including phenoxy) is 1. The highest BCUT2D eigenvalue weighted by Crippen LogP contribution is 2.30. The predicted molar refractivity (Wildman–Crippen MR) is 108 cm³/mol. The molecule has 7 nitrogen and oxygen atoms in total. The van der Waals surface area contributed by atoms with E-state index in [1.54, 1.807) is 23.1 Å². The largest absolute Gasteiger partial charge is 0.506 e. The van der Waals surface area contributed by atoms with Gasteiger partial charge in [-0.3, -0.25) is 9.88 Å². The third-order valence-electron chi connectivity index (χ3n) is 5.11. The number of aryl methyl sites for hydroxylation is 2. The Morgan fingerprint density at radius 2 is 1.86 bits per heavy atom. The lowest BCUT2D eigenvalue weighted by Crippen LogP contribution is -2.46. The van der Waals surface area contributed by atoms with Gasteiger partial charge in [-0.05, 0) is 31.2 Å². The van der Waals surface area contributed by atoms with E-state index in [1.165, 1.54) is 0 Å². The second kappa shape index (κ2) is 7.90. The third-order valence-corrected chi connectivity index (χ3v) is 5.11. The number of aromatic hydroxyl groups is 1. The van der Waals surface area contributed by atoms with E-state index >= 15 is 0 Å². The number of rotatable bonds is 5. The molecule has 1 aliphatic rings. The molecular formula is C21H25N5O2. The van der Waals surface area contributed by atoms with Crippen LogP contribution < -0.4 is 9.64 Å². The Kier molecular flexibility index (Phi) is 5.16. The molecule has 1 aromatic carbocycles. The molecule has 2 aromatic heterocycles. The van der Waals surface area contributed by atoms with Crippen molar-refractivity contribution in [1.82, 2.24) is 19.7 Å². The van der Waals surface area contributed by atoms with Crippen LogP contribution in [0.4, 0.5) is 5.69 Å². The number of pyridine rings is 1. The molecule has 0 unspecified atom stereocenters. The number of phenolic OH excluding ortho intramolecular Hbond substituents is 1. The van der Waals surface area contributed by atoms with Crippen LogP contribution in [0.25, 0.3) is 0 Å². The summed E-state index contributed by atoms with van der Waals surface area (Å²) in [6.45, 7) is 6.36. The molecule has 0 aliphatic carbocycles. The molecule has 0 saturated carbocycles. The maximum Gasteiger partial charge on any atom is 0.222 e. The van der Waals surface area contributed by atoms with Crippen molar-refractivity contribution in [3.05, 3.63) is 60.0 Å². The average Bonchev–Trinajstić information content (AvgIpc) is 2.97. The van der Waals surface area contributed by atoms with E-state index in [2.05, 4.69) is 19.9 Å². The third kappa shape index (κ3) is 3.80. The fourth-order valence-electron chi connectivity index (χ4n) is 3.61. The van der Waals surface area contributed by atoms with Crippen LogP contribution in [0.2, 0.25) is 0 Å². The van der Waals surface area contributed by atoms with Gasteiger partial charge in [-0.2, -0.15) is 5.10 Å². The van der Waals surface area contributed by atoms with Gasteiger partial charge in [0.1, 0.15) is 11.5 Å². The number of hydrogen-bond donors (Lipinski definition) is 1. The number of anilines is 1. The van der Waals surface area contributed by atoms with Crippen LogP contribution in [0, 0.1) is 6.92 Å². The first-order valence-electron chi connectivity index (χ1n) is 9.47. The van der Waals surface area contributed by atoms with E-state index in [0.717, 1.165) is 55.5 Å². The van der Waals surface area contributed by atoms with Crippen molar-refractivity contribution in [2.75, 3.05) is 31.1 Å². The molecule has 1 fully saturated rings. The molecule has 3 aromatic rings. The zero-order valence-corrected chi connectivity index (χ0v) is 16.2. The summed E-state index contributed by atoms with van der Waals surface area (Å²) in [5.41, 5.74) is 2.98. The number of hydrogen-bond acceptors (Lipinski definition) is 6. The van der Waals surface area contributed by atoms with Gasteiger partial charge in [-0.1, -0.05) is 12.1 Å². The van der Waals surface area contributed by atoms with Gasteiger partial charge in [0.25, 0.3) is 0 Å². The molecule has 0 bridgehead atoms.